The maximum absolute atomic E-state index is 13.3. The van der Waals surface area contributed by atoms with Gasteiger partial charge in [-0.1, -0.05) is 30.3 Å². The Hall–Kier alpha value is -3.21. The summed E-state index contributed by atoms with van der Waals surface area (Å²) in [6.07, 6.45) is 3.07. The van der Waals surface area contributed by atoms with Crippen LogP contribution in [0.15, 0.2) is 60.8 Å². The monoisotopic (exact) mass is 385 g/mol. The van der Waals surface area contributed by atoms with E-state index in [9.17, 15) is 9.59 Å². The van der Waals surface area contributed by atoms with E-state index in [2.05, 4.69) is 11.1 Å². The first-order chi connectivity index (χ1) is 14.0. The Bertz CT molecular complexity index is 1120. The van der Waals surface area contributed by atoms with Gasteiger partial charge in [-0.15, -0.1) is 0 Å². The fourth-order valence-electron chi connectivity index (χ4n) is 4.76. The fraction of sp³-hybridized carbons (Fsp3) is 0.292. The van der Waals surface area contributed by atoms with E-state index in [1.807, 2.05) is 65.3 Å². The molecular weight excluding hydrogens is 362 g/mol. The van der Waals surface area contributed by atoms with Gasteiger partial charge in [0.15, 0.2) is 0 Å². The summed E-state index contributed by atoms with van der Waals surface area (Å²) in [4.78, 5) is 34.3. The second kappa shape index (κ2) is 6.69. The molecule has 2 aliphatic rings. The van der Waals surface area contributed by atoms with Gasteiger partial charge in [0, 0.05) is 48.7 Å². The van der Waals surface area contributed by atoms with Gasteiger partial charge in [-0.05, 0) is 43.2 Å². The zero-order chi connectivity index (χ0) is 20.0. The van der Waals surface area contributed by atoms with Crippen LogP contribution in [-0.4, -0.2) is 41.3 Å². The first kappa shape index (κ1) is 17.9. The molecule has 0 aliphatic carbocycles. The Morgan fingerprint density at radius 2 is 1.90 bits per heavy atom. The van der Waals surface area contributed by atoms with E-state index in [-0.39, 0.29) is 17.2 Å². The highest BCUT2D eigenvalue weighted by molar-refractivity contribution is 6.05. The molecule has 2 saturated heterocycles. The number of hydrogen-bond acceptors (Lipinski definition) is 3. The van der Waals surface area contributed by atoms with E-state index in [0.29, 0.717) is 31.6 Å². The van der Waals surface area contributed by atoms with Crippen molar-refractivity contribution in [2.24, 2.45) is 5.41 Å². The van der Waals surface area contributed by atoms with Gasteiger partial charge >= 0.3 is 0 Å². The van der Waals surface area contributed by atoms with Crippen molar-refractivity contribution < 1.29 is 9.59 Å². The van der Waals surface area contributed by atoms with E-state index >= 15 is 0 Å². The third kappa shape index (κ3) is 3.07. The Kier molecular flexibility index (Phi) is 4.12. The number of fused-ring (bicyclic) bond motifs is 1. The zero-order valence-corrected chi connectivity index (χ0v) is 16.5. The van der Waals surface area contributed by atoms with Crippen molar-refractivity contribution in [3.05, 3.63) is 71.9 Å². The minimum Gasteiger partial charge on any atom is -0.338 e. The third-order valence-corrected chi connectivity index (χ3v) is 6.22. The van der Waals surface area contributed by atoms with Crippen LogP contribution < -0.4 is 4.90 Å². The first-order valence-corrected chi connectivity index (χ1v) is 10.0. The number of likely N-dealkylation sites (tertiary alicyclic amines) is 1. The molecule has 1 unspecified atom stereocenters. The smallest absolute Gasteiger partial charge is 0.256 e. The van der Waals surface area contributed by atoms with Crippen molar-refractivity contribution in [1.29, 1.82) is 0 Å². The molecule has 1 spiro atoms. The highest BCUT2D eigenvalue weighted by Crippen LogP contribution is 2.42. The van der Waals surface area contributed by atoms with Crippen LogP contribution in [-0.2, 0) is 4.79 Å². The summed E-state index contributed by atoms with van der Waals surface area (Å²) in [7, 11) is 0. The average molecular weight is 385 g/mol. The second-order valence-electron chi connectivity index (χ2n) is 8.35. The Morgan fingerprint density at radius 3 is 2.76 bits per heavy atom. The van der Waals surface area contributed by atoms with Gasteiger partial charge in [0.25, 0.3) is 5.91 Å². The number of amides is 2. The molecule has 2 amide bonds. The molecule has 1 aromatic heterocycles. The molecule has 0 bridgehead atoms. The summed E-state index contributed by atoms with van der Waals surface area (Å²) in [6, 6.07) is 17.6. The molecule has 2 aromatic carbocycles. The lowest BCUT2D eigenvalue weighted by molar-refractivity contribution is -0.117. The predicted molar refractivity (Wildman–Crippen MR) is 113 cm³/mol. The Labute approximate surface area is 170 Å². The quantitative estimate of drug-likeness (QED) is 0.674. The summed E-state index contributed by atoms with van der Waals surface area (Å²) in [5.74, 6) is 0.157. The normalized spacial score (nSPS) is 21.5. The minimum atomic E-state index is -0.158. The second-order valence-corrected chi connectivity index (χ2v) is 8.35. The number of nitrogens with zero attached hydrogens (tertiary/aromatic N) is 3. The van der Waals surface area contributed by atoms with Crippen molar-refractivity contribution in [3.63, 3.8) is 0 Å². The van der Waals surface area contributed by atoms with Crippen LogP contribution in [0.5, 0.6) is 0 Å². The molecule has 2 fully saturated rings. The van der Waals surface area contributed by atoms with Crippen LogP contribution >= 0.6 is 0 Å². The molecule has 29 heavy (non-hydrogen) atoms. The van der Waals surface area contributed by atoms with Crippen LogP contribution in [0.25, 0.3) is 10.9 Å². The maximum Gasteiger partial charge on any atom is 0.256 e. The predicted octanol–water partition coefficient (Wildman–Crippen LogP) is 3.81. The number of carbonyl (C=O) groups is 2. The van der Waals surface area contributed by atoms with Gasteiger partial charge in [-0.3, -0.25) is 14.6 Å². The van der Waals surface area contributed by atoms with Gasteiger partial charge in [0.2, 0.25) is 5.91 Å². The SMILES string of the molecule is Cc1cccc(N2CC3(CCN(C(=O)c4cccc5cccnc45)C3)CC2=O)c1. The lowest BCUT2D eigenvalue weighted by atomic mass is 9.86. The molecule has 3 heterocycles. The number of para-hydroxylation sites is 1. The van der Waals surface area contributed by atoms with Crippen LogP contribution in [0, 0.1) is 12.3 Å². The molecule has 2 aliphatic heterocycles. The molecular formula is C24H23N3O2. The summed E-state index contributed by atoms with van der Waals surface area (Å²) < 4.78 is 0. The van der Waals surface area contributed by atoms with E-state index in [0.717, 1.165) is 28.6 Å². The molecule has 0 saturated carbocycles. The number of benzene rings is 2. The number of rotatable bonds is 2. The van der Waals surface area contributed by atoms with Crippen molar-refractivity contribution in [2.75, 3.05) is 24.5 Å². The average Bonchev–Trinajstić information content (AvgIpc) is 3.29. The number of hydrogen-bond donors (Lipinski definition) is 0. The van der Waals surface area contributed by atoms with Crippen molar-refractivity contribution in [2.45, 2.75) is 19.8 Å². The van der Waals surface area contributed by atoms with E-state index in [1.54, 1.807) is 6.20 Å². The number of aromatic nitrogens is 1. The van der Waals surface area contributed by atoms with Crippen molar-refractivity contribution in [3.8, 4) is 0 Å². The van der Waals surface area contributed by atoms with E-state index < -0.39 is 0 Å². The number of pyridine rings is 1. The van der Waals surface area contributed by atoms with Crippen molar-refractivity contribution in [1.82, 2.24) is 9.88 Å². The Balaban J connectivity index is 1.38. The summed E-state index contributed by atoms with van der Waals surface area (Å²) in [6.45, 7) is 4.00. The van der Waals surface area contributed by atoms with Crippen molar-refractivity contribution >= 4 is 28.4 Å². The minimum absolute atomic E-state index is 0.00706. The fourth-order valence-corrected chi connectivity index (χ4v) is 4.76. The summed E-state index contributed by atoms with van der Waals surface area (Å²) in [5.41, 5.74) is 3.32. The van der Waals surface area contributed by atoms with Gasteiger partial charge in [-0.2, -0.15) is 0 Å². The lowest BCUT2D eigenvalue weighted by Gasteiger charge is -2.24. The maximum atomic E-state index is 13.3. The number of carbonyl (C=O) groups excluding carboxylic acids is 2. The van der Waals surface area contributed by atoms with Gasteiger partial charge in [-0.25, -0.2) is 0 Å². The highest BCUT2D eigenvalue weighted by Gasteiger charge is 2.49. The molecule has 3 aromatic rings. The molecule has 5 heteroatoms. The molecule has 0 radical (unpaired) electrons. The van der Waals surface area contributed by atoms with Crippen LogP contribution in [0.1, 0.15) is 28.8 Å². The molecule has 5 nitrogen and oxygen atoms in total. The van der Waals surface area contributed by atoms with Crippen LogP contribution in [0.2, 0.25) is 0 Å². The van der Waals surface area contributed by atoms with Gasteiger partial charge in [0.05, 0.1) is 11.1 Å². The van der Waals surface area contributed by atoms with E-state index in [1.165, 1.54) is 0 Å². The third-order valence-electron chi connectivity index (χ3n) is 6.22. The largest absolute Gasteiger partial charge is 0.338 e. The number of aryl methyl sites for hydroxylation is 1. The standard InChI is InChI=1S/C24H23N3O2/c1-17-5-2-8-19(13-17)27-16-24(14-21(27)28)10-12-26(15-24)23(29)20-9-3-6-18-7-4-11-25-22(18)20/h2-9,11,13H,10,12,14-16H2,1H3. The zero-order valence-electron chi connectivity index (χ0n) is 16.5. The lowest BCUT2D eigenvalue weighted by Crippen LogP contribution is -2.34. The summed E-state index contributed by atoms with van der Waals surface area (Å²) in [5, 5.41) is 0.967. The molecule has 0 N–H and O–H groups in total. The Morgan fingerprint density at radius 1 is 1.07 bits per heavy atom. The van der Waals surface area contributed by atoms with Crippen LogP contribution in [0.4, 0.5) is 5.69 Å². The molecule has 1 atom stereocenters. The number of anilines is 1. The van der Waals surface area contributed by atoms with Gasteiger partial charge < -0.3 is 9.80 Å². The topological polar surface area (TPSA) is 53.5 Å². The van der Waals surface area contributed by atoms with E-state index in [4.69, 9.17) is 0 Å². The summed E-state index contributed by atoms with van der Waals surface area (Å²) >= 11 is 0. The molecule has 146 valence electrons. The van der Waals surface area contributed by atoms with Gasteiger partial charge in [0.1, 0.15) is 0 Å². The highest BCUT2D eigenvalue weighted by atomic mass is 16.2. The first-order valence-electron chi connectivity index (χ1n) is 10.0. The van der Waals surface area contributed by atoms with Crippen LogP contribution in [0.3, 0.4) is 0 Å². The molecule has 5 rings (SSSR count).